The highest BCUT2D eigenvalue weighted by Crippen LogP contribution is 2.35. The lowest BCUT2D eigenvalue weighted by molar-refractivity contribution is 0.0716. The van der Waals surface area contributed by atoms with E-state index in [-0.39, 0.29) is 24.5 Å². The molecule has 0 radical (unpaired) electrons. The number of methoxy groups -OCH3 is 2. The van der Waals surface area contributed by atoms with Crippen LogP contribution in [0.2, 0.25) is 0 Å². The molecule has 0 unspecified atom stereocenters. The summed E-state index contributed by atoms with van der Waals surface area (Å²) in [7, 11) is 3.31. The van der Waals surface area contributed by atoms with Crippen LogP contribution in [0.15, 0.2) is 36.5 Å². The molecule has 1 saturated carbocycles. The number of nitrogens with zero attached hydrogens (tertiary/aromatic N) is 2. The SMILES string of the molecule is COCCc1nccc(C[C@@H]2[C@@H](CO)[C@H](O)C[C@H]2NCc2ccc(OC)cc2)n1. The molecule has 7 heteroatoms. The van der Waals surface area contributed by atoms with E-state index < -0.39 is 6.10 Å². The molecule has 158 valence electrons. The number of hydrogen-bond donors (Lipinski definition) is 3. The van der Waals surface area contributed by atoms with Crippen molar-refractivity contribution < 1.29 is 19.7 Å². The second-order valence-corrected chi connectivity index (χ2v) is 7.56. The van der Waals surface area contributed by atoms with E-state index in [1.165, 1.54) is 0 Å². The lowest BCUT2D eigenvalue weighted by atomic mass is 9.88. The third kappa shape index (κ3) is 5.73. The van der Waals surface area contributed by atoms with E-state index in [9.17, 15) is 10.2 Å². The van der Waals surface area contributed by atoms with Crippen molar-refractivity contribution in [2.24, 2.45) is 11.8 Å². The van der Waals surface area contributed by atoms with Crippen LogP contribution in [0, 0.1) is 11.8 Å². The molecule has 29 heavy (non-hydrogen) atoms. The minimum Gasteiger partial charge on any atom is -0.497 e. The largest absolute Gasteiger partial charge is 0.497 e. The molecule has 0 spiro atoms. The van der Waals surface area contributed by atoms with E-state index in [1.54, 1.807) is 20.4 Å². The molecule has 0 aliphatic heterocycles. The Labute approximate surface area is 172 Å². The van der Waals surface area contributed by atoms with Crippen LogP contribution in [-0.4, -0.2) is 59.8 Å². The second kappa shape index (κ2) is 10.6. The molecular formula is C22H31N3O4. The predicted octanol–water partition coefficient (Wildman–Crippen LogP) is 1.36. The van der Waals surface area contributed by atoms with E-state index in [0.29, 0.717) is 32.4 Å². The van der Waals surface area contributed by atoms with E-state index >= 15 is 0 Å². The highest BCUT2D eigenvalue weighted by molar-refractivity contribution is 5.27. The third-order valence-corrected chi connectivity index (χ3v) is 5.73. The van der Waals surface area contributed by atoms with Gasteiger partial charge in [0, 0.05) is 50.5 Å². The van der Waals surface area contributed by atoms with Crippen LogP contribution >= 0.6 is 0 Å². The number of rotatable bonds is 10. The number of aromatic nitrogens is 2. The van der Waals surface area contributed by atoms with E-state index in [4.69, 9.17) is 9.47 Å². The zero-order chi connectivity index (χ0) is 20.6. The highest BCUT2D eigenvalue weighted by Gasteiger charge is 2.41. The van der Waals surface area contributed by atoms with Gasteiger partial charge in [-0.25, -0.2) is 9.97 Å². The summed E-state index contributed by atoms with van der Waals surface area (Å²) in [6.07, 6.45) is 3.22. The van der Waals surface area contributed by atoms with E-state index in [1.807, 2.05) is 30.3 Å². The average molecular weight is 402 g/mol. The number of benzene rings is 1. The van der Waals surface area contributed by atoms with Crippen LogP contribution in [0.3, 0.4) is 0 Å². The monoisotopic (exact) mass is 401 g/mol. The quantitative estimate of drug-likeness (QED) is 0.553. The highest BCUT2D eigenvalue weighted by atomic mass is 16.5. The van der Waals surface area contributed by atoms with Crippen LogP contribution in [0.5, 0.6) is 5.75 Å². The first kappa shape index (κ1) is 21.6. The second-order valence-electron chi connectivity index (χ2n) is 7.56. The fraction of sp³-hybridized carbons (Fsp3) is 0.545. The maximum absolute atomic E-state index is 10.5. The van der Waals surface area contributed by atoms with Crippen LogP contribution < -0.4 is 10.1 Å². The van der Waals surface area contributed by atoms with Gasteiger partial charge in [-0.15, -0.1) is 0 Å². The van der Waals surface area contributed by atoms with Gasteiger partial charge in [-0.1, -0.05) is 12.1 Å². The summed E-state index contributed by atoms with van der Waals surface area (Å²) in [5.41, 5.74) is 2.08. The number of aliphatic hydroxyl groups is 2. The minimum absolute atomic E-state index is 0.0336. The number of ether oxygens (including phenoxy) is 2. The summed E-state index contributed by atoms with van der Waals surface area (Å²) in [5.74, 6) is 1.52. The van der Waals surface area contributed by atoms with Crippen molar-refractivity contribution in [2.75, 3.05) is 27.4 Å². The van der Waals surface area contributed by atoms with Gasteiger partial charge in [0.05, 0.1) is 19.8 Å². The van der Waals surface area contributed by atoms with Crippen molar-refractivity contribution in [3.05, 3.63) is 53.6 Å². The zero-order valence-electron chi connectivity index (χ0n) is 17.1. The maximum atomic E-state index is 10.5. The molecule has 2 aromatic rings. The van der Waals surface area contributed by atoms with Crippen molar-refractivity contribution in [1.82, 2.24) is 15.3 Å². The van der Waals surface area contributed by atoms with Gasteiger partial charge in [0.25, 0.3) is 0 Å². The molecule has 3 N–H and O–H groups in total. The summed E-state index contributed by atoms with van der Waals surface area (Å²) >= 11 is 0. The Bertz CT molecular complexity index is 756. The van der Waals surface area contributed by atoms with Crippen molar-refractivity contribution in [1.29, 1.82) is 0 Å². The van der Waals surface area contributed by atoms with Gasteiger partial charge in [0.1, 0.15) is 11.6 Å². The Hall–Kier alpha value is -2.06. The Kier molecular flexibility index (Phi) is 7.94. The standard InChI is InChI=1S/C22H31N3O4/c1-28-10-8-22-23-9-7-16(25-22)11-18-19(14-26)21(27)12-20(18)24-13-15-3-5-17(29-2)6-4-15/h3-7,9,18-21,24,26-27H,8,10-14H2,1-2H3/t18-,19-,20-,21-/m1/s1. The fourth-order valence-corrected chi connectivity index (χ4v) is 4.08. The molecule has 1 aliphatic rings. The first-order valence-electron chi connectivity index (χ1n) is 10.1. The average Bonchev–Trinajstić information content (AvgIpc) is 3.05. The molecule has 1 aliphatic carbocycles. The summed E-state index contributed by atoms with van der Waals surface area (Å²) in [6, 6.07) is 9.95. The molecule has 0 amide bonds. The summed E-state index contributed by atoms with van der Waals surface area (Å²) < 4.78 is 10.3. The summed E-state index contributed by atoms with van der Waals surface area (Å²) in [4.78, 5) is 8.94. The van der Waals surface area contributed by atoms with Gasteiger partial charge >= 0.3 is 0 Å². The molecule has 1 heterocycles. The predicted molar refractivity (Wildman–Crippen MR) is 110 cm³/mol. The van der Waals surface area contributed by atoms with Gasteiger partial charge < -0.3 is 25.0 Å². The Balaban J connectivity index is 1.67. The number of aliphatic hydroxyl groups excluding tert-OH is 2. The smallest absolute Gasteiger partial charge is 0.130 e. The minimum atomic E-state index is -0.520. The fourth-order valence-electron chi connectivity index (χ4n) is 4.08. The normalized spacial score (nSPS) is 24.0. The molecule has 0 bridgehead atoms. The summed E-state index contributed by atoms with van der Waals surface area (Å²) in [6.45, 7) is 1.24. The Morgan fingerprint density at radius 1 is 1.14 bits per heavy atom. The van der Waals surface area contributed by atoms with Crippen molar-refractivity contribution in [3.8, 4) is 5.75 Å². The molecule has 3 rings (SSSR count). The summed E-state index contributed by atoms with van der Waals surface area (Å²) in [5, 5.41) is 23.9. The Morgan fingerprint density at radius 2 is 1.93 bits per heavy atom. The first-order valence-corrected chi connectivity index (χ1v) is 10.1. The van der Waals surface area contributed by atoms with E-state index in [2.05, 4.69) is 15.3 Å². The molecule has 1 aromatic heterocycles. The zero-order valence-corrected chi connectivity index (χ0v) is 17.1. The first-order chi connectivity index (χ1) is 14.1. The molecule has 1 fully saturated rings. The van der Waals surface area contributed by atoms with Crippen LogP contribution in [0.1, 0.15) is 23.5 Å². The molecule has 4 atom stereocenters. The maximum Gasteiger partial charge on any atom is 0.130 e. The molecular weight excluding hydrogens is 370 g/mol. The number of nitrogens with one attached hydrogen (secondary N) is 1. The van der Waals surface area contributed by atoms with Crippen molar-refractivity contribution >= 4 is 0 Å². The third-order valence-electron chi connectivity index (χ3n) is 5.73. The topological polar surface area (TPSA) is 96.7 Å². The van der Waals surface area contributed by atoms with Gasteiger partial charge in [-0.05, 0) is 42.5 Å². The van der Waals surface area contributed by atoms with E-state index in [0.717, 1.165) is 22.8 Å². The molecule has 1 aromatic carbocycles. The molecule has 7 nitrogen and oxygen atoms in total. The van der Waals surface area contributed by atoms with Gasteiger partial charge in [0.15, 0.2) is 0 Å². The lowest BCUT2D eigenvalue weighted by Crippen LogP contribution is -2.36. The van der Waals surface area contributed by atoms with Crippen molar-refractivity contribution in [2.45, 2.75) is 38.0 Å². The van der Waals surface area contributed by atoms with Gasteiger partial charge in [-0.2, -0.15) is 0 Å². The Morgan fingerprint density at radius 3 is 2.62 bits per heavy atom. The van der Waals surface area contributed by atoms with Crippen LogP contribution in [-0.2, 0) is 24.1 Å². The van der Waals surface area contributed by atoms with Gasteiger partial charge in [0.2, 0.25) is 0 Å². The van der Waals surface area contributed by atoms with Crippen molar-refractivity contribution in [3.63, 3.8) is 0 Å². The van der Waals surface area contributed by atoms with Crippen LogP contribution in [0.25, 0.3) is 0 Å². The van der Waals surface area contributed by atoms with Crippen LogP contribution in [0.4, 0.5) is 0 Å². The molecule has 0 saturated heterocycles. The lowest BCUT2D eigenvalue weighted by Gasteiger charge is -2.25. The number of hydrogen-bond acceptors (Lipinski definition) is 7. The van der Waals surface area contributed by atoms with Gasteiger partial charge in [-0.3, -0.25) is 0 Å².